The standard InChI is InChI=1S/C16H17BrN2O/c1-18-14(15-13(17)8-3-9-19-15)12-7-2-5-11-6-4-10-20-16(11)12/h2-3,5,7-9,14,18H,4,6,10H2,1H3. The van der Waals surface area contributed by atoms with E-state index < -0.39 is 0 Å². The normalized spacial score (nSPS) is 15.3. The van der Waals surface area contributed by atoms with Crippen LogP contribution in [0.5, 0.6) is 5.75 Å². The van der Waals surface area contributed by atoms with E-state index in [4.69, 9.17) is 4.74 Å². The molecule has 0 fully saturated rings. The maximum Gasteiger partial charge on any atom is 0.127 e. The topological polar surface area (TPSA) is 34.1 Å². The van der Waals surface area contributed by atoms with Gasteiger partial charge in [-0.05, 0) is 53.5 Å². The summed E-state index contributed by atoms with van der Waals surface area (Å²) in [6, 6.07) is 10.3. The minimum absolute atomic E-state index is 0.0265. The molecular weight excluding hydrogens is 316 g/mol. The number of benzene rings is 1. The van der Waals surface area contributed by atoms with Crippen molar-refractivity contribution in [1.29, 1.82) is 0 Å². The monoisotopic (exact) mass is 332 g/mol. The van der Waals surface area contributed by atoms with Crippen molar-refractivity contribution in [2.24, 2.45) is 0 Å². The first-order valence-corrected chi connectivity index (χ1v) is 7.63. The Hall–Kier alpha value is -1.39. The zero-order valence-corrected chi connectivity index (χ0v) is 13.0. The molecule has 1 aliphatic rings. The molecule has 1 atom stereocenters. The molecule has 4 heteroatoms. The summed E-state index contributed by atoms with van der Waals surface area (Å²) in [7, 11) is 1.95. The van der Waals surface area contributed by atoms with Gasteiger partial charge in [-0.1, -0.05) is 18.2 Å². The molecule has 2 heterocycles. The van der Waals surface area contributed by atoms with E-state index in [1.54, 1.807) is 0 Å². The number of rotatable bonds is 3. The molecule has 20 heavy (non-hydrogen) atoms. The first-order chi connectivity index (χ1) is 9.81. The van der Waals surface area contributed by atoms with E-state index in [1.807, 2.05) is 25.4 Å². The molecule has 1 aromatic heterocycles. The zero-order valence-electron chi connectivity index (χ0n) is 11.4. The van der Waals surface area contributed by atoms with Crippen LogP contribution < -0.4 is 10.1 Å². The van der Waals surface area contributed by atoms with Crippen molar-refractivity contribution in [3.05, 3.63) is 57.8 Å². The first-order valence-electron chi connectivity index (χ1n) is 6.83. The third-order valence-electron chi connectivity index (χ3n) is 3.62. The predicted molar refractivity (Wildman–Crippen MR) is 83.1 cm³/mol. The summed E-state index contributed by atoms with van der Waals surface area (Å²) >= 11 is 3.59. The molecule has 0 saturated heterocycles. The van der Waals surface area contributed by atoms with Crippen molar-refractivity contribution < 1.29 is 4.74 Å². The number of ether oxygens (including phenoxy) is 1. The Kier molecular flexibility index (Phi) is 4.03. The molecule has 0 saturated carbocycles. The van der Waals surface area contributed by atoms with Gasteiger partial charge in [-0.3, -0.25) is 4.98 Å². The van der Waals surface area contributed by atoms with Crippen molar-refractivity contribution in [1.82, 2.24) is 10.3 Å². The summed E-state index contributed by atoms with van der Waals surface area (Å²) in [6.07, 6.45) is 4.00. The zero-order chi connectivity index (χ0) is 13.9. The van der Waals surface area contributed by atoms with E-state index in [-0.39, 0.29) is 6.04 Å². The van der Waals surface area contributed by atoms with Gasteiger partial charge in [-0.15, -0.1) is 0 Å². The second-order valence-electron chi connectivity index (χ2n) is 4.88. The van der Waals surface area contributed by atoms with Gasteiger partial charge in [0.15, 0.2) is 0 Å². The number of hydrogen-bond acceptors (Lipinski definition) is 3. The summed E-state index contributed by atoms with van der Waals surface area (Å²) < 4.78 is 6.92. The second-order valence-corrected chi connectivity index (χ2v) is 5.73. The fraction of sp³-hybridized carbons (Fsp3) is 0.312. The van der Waals surface area contributed by atoms with E-state index >= 15 is 0 Å². The highest BCUT2D eigenvalue weighted by Crippen LogP contribution is 2.36. The van der Waals surface area contributed by atoms with Gasteiger partial charge < -0.3 is 10.1 Å². The predicted octanol–water partition coefficient (Wildman–Crippen LogP) is 3.48. The van der Waals surface area contributed by atoms with E-state index in [9.17, 15) is 0 Å². The van der Waals surface area contributed by atoms with Crippen molar-refractivity contribution >= 4 is 15.9 Å². The van der Waals surface area contributed by atoms with Crippen LogP contribution in [-0.4, -0.2) is 18.6 Å². The van der Waals surface area contributed by atoms with Crippen LogP contribution in [0.3, 0.4) is 0 Å². The van der Waals surface area contributed by atoms with Gasteiger partial charge in [0.05, 0.1) is 18.3 Å². The van der Waals surface area contributed by atoms with Crippen LogP contribution in [0.25, 0.3) is 0 Å². The lowest BCUT2D eigenvalue weighted by molar-refractivity contribution is 0.283. The number of nitrogens with zero attached hydrogens (tertiary/aromatic N) is 1. The maximum absolute atomic E-state index is 5.92. The number of hydrogen-bond donors (Lipinski definition) is 1. The first kappa shape index (κ1) is 13.6. The van der Waals surface area contributed by atoms with E-state index in [0.29, 0.717) is 0 Å². The molecule has 0 aliphatic carbocycles. The Bertz CT molecular complexity index is 615. The summed E-state index contributed by atoms with van der Waals surface area (Å²) in [5, 5.41) is 3.35. The number of aryl methyl sites for hydroxylation is 1. The molecule has 3 nitrogen and oxygen atoms in total. The minimum Gasteiger partial charge on any atom is -0.493 e. The quantitative estimate of drug-likeness (QED) is 0.934. The van der Waals surface area contributed by atoms with Gasteiger partial charge >= 0.3 is 0 Å². The highest BCUT2D eigenvalue weighted by molar-refractivity contribution is 9.10. The second kappa shape index (κ2) is 5.94. The fourth-order valence-corrected chi connectivity index (χ4v) is 3.18. The molecule has 2 aromatic rings. The molecule has 0 spiro atoms. The largest absolute Gasteiger partial charge is 0.493 e. The van der Waals surface area contributed by atoms with E-state index in [1.165, 1.54) is 5.56 Å². The van der Waals surface area contributed by atoms with Crippen LogP contribution >= 0.6 is 15.9 Å². The van der Waals surface area contributed by atoms with Gasteiger partial charge in [0.25, 0.3) is 0 Å². The maximum atomic E-state index is 5.92. The molecule has 0 radical (unpaired) electrons. The highest BCUT2D eigenvalue weighted by Gasteiger charge is 2.23. The van der Waals surface area contributed by atoms with E-state index in [2.05, 4.69) is 44.4 Å². The summed E-state index contributed by atoms with van der Waals surface area (Å²) in [6.45, 7) is 0.795. The van der Waals surface area contributed by atoms with Gasteiger partial charge in [-0.25, -0.2) is 0 Å². The van der Waals surface area contributed by atoms with Crippen LogP contribution in [0.15, 0.2) is 41.0 Å². The molecule has 1 aromatic carbocycles. The minimum atomic E-state index is 0.0265. The van der Waals surface area contributed by atoms with Crippen molar-refractivity contribution in [3.8, 4) is 5.75 Å². The number of pyridine rings is 1. The van der Waals surface area contributed by atoms with Crippen LogP contribution in [-0.2, 0) is 6.42 Å². The summed E-state index contributed by atoms with van der Waals surface area (Å²) in [4.78, 5) is 4.51. The average molecular weight is 333 g/mol. The third kappa shape index (κ3) is 2.45. The van der Waals surface area contributed by atoms with Gasteiger partial charge in [0, 0.05) is 16.2 Å². The Labute approximate surface area is 127 Å². The SMILES string of the molecule is CNC(c1cccc2c1OCCC2)c1ncccc1Br. The molecule has 1 aliphatic heterocycles. The number of nitrogens with one attached hydrogen (secondary N) is 1. The number of fused-ring (bicyclic) bond motifs is 1. The molecule has 104 valence electrons. The van der Waals surface area contributed by atoms with Gasteiger partial charge in [0.2, 0.25) is 0 Å². The summed E-state index contributed by atoms with van der Waals surface area (Å²) in [5.41, 5.74) is 3.43. The Morgan fingerprint density at radius 1 is 1.30 bits per heavy atom. The van der Waals surface area contributed by atoms with Crippen molar-refractivity contribution in [2.45, 2.75) is 18.9 Å². The van der Waals surface area contributed by atoms with Crippen molar-refractivity contribution in [3.63, 3.8) is 0 Å². The van der Waals surface area contributed by atoms with Crippen molar-refractivity contribution in [2.75, 3.05) is 13.7 Å². The number of halogens is 1. The third-order valence-corrected chi connectivity index (χ3v) is 4.29. The summed E-state index contributed by atoms with van der Waals surface area (Å²) in [5.74, 6) is 1.02. The van der Waals surface area contributed by atoms with Crippen LogP contribution in [0.1, 0.15) is 29.3 Å². The van der Waals surface area contributed by atoms with Gasteiger partial charge in [0.1, 0.15) is 5.75 Å². The lowest BCUT2D eigenvalue weighted by atomic mass is 9.96. The molecule has 1 N–H and O–H groups in total. The molecule has 1 unspecified atom stereocenters. The fourth-order valence-electron chi connectivity index (χ4n) is 2.69. The Morgan fingerprint density at radius 2 is 2.20 bits per heavy atom. The molecular formula is C16H17BrN2O. The van der Waals surface area contributed by atoms with Crippen LogP contribution in [0.4, 0.5) is 0 Å². The molecule has 3 rings (SSSR count). The number of para-hydroxylation sites is 1. The highest BCUT2D eigenvalue weighted by atomic mass is 79.9. The lowest BCUT2D eigenvalue weighted by Crippen LogP contribution is -2.22. The van der Waals surface area contributed by atoms with E-state index in [0.717, 1.165) is 40.9 Å². The van der Waals surface area contributed by atoms with Crippen LogP contribution in [0, 0.1) is 0 Å². The smallest absolute Gasteiger partial charge is 0.127 e. The Balaban J connectivity index is 2.09. The molecule has 0 bridgehead atoms. The Morgan fingerprint density at radius 3 is 3.00 bits per heavy atom. The average Bonchev–Trinajstić information content (AvgIpc) is 2.50. The lowest BCUT2D eigenvalue weighted by Gasteiger charge is -2.25. The van der Waals surface area contributed by atoms with Crippen LogP contribution in [0.2, 0.25) is 0 Å². The molecule has 0 amide bonds. The van der Waals surface area contributed by atoms with Gasteiger partial charge in [-0.2, -0.15) is 0 Å². The number of aromatic nitrogens is 1.